The van der Waals surface area contributed by atoms with Crippen molar-refractivity contribution in [2.75, 3.05) is 13.1 Å². The van der Waals surface area contributed by atoms with Gasteiger partial charge >= 0.3 is 0 Å². The van der Waals surface area contributed by atoms with E-state index < -0.39 is 11.7 Å². The zero-order valence-electron chi connectivity index (χ0n) is 10.8. The fourth-order valence-electron chi connectivity index (χ4n) is 2.69. The molecule has 2 aliphatic rings. The highest BCUT2D eigenvalue weighted by Crippen LogP contribution is 2.24. The zero-order chi connectivity index (χ0) is 12.7. The topological polar surface area (TPSA) is 53.2 Å². The third-order valence-electron chi connectivity index (χ3n) is 4.03. The minimum Gasteiger partial charge on any atom is -0.350 e. The van der Waals surface area contributed by atoms with Crippen LogP contribution in [0.4, 0.5) is 4.39 Å². The van der Waals surface area contributed by atoms with Gasteiger partial charge in [-0.3, -0.25) is 4.79 Å². The molecule has 1 unspecified atom stereocenters. The molecule has 2 rings (SSSR count). The van der Waals surface area contributed by atoms with E-state index in [0.717, 1.165) is 13.0 Å². The van der Waals surface area contributed by atoms with Crippen molar-refractivity contribution in [3.8, 4) is 0 Å². The summed E-state index contributed by atoms with van der Waals surface area (Å²) in [6.07, 6.45) is 0.272. The summed E-state index contributed by atoms with van der Waals surface area (Å²) in [6, 6.07) is 0.118. The largest absolute Gasteiger partial charge is 0.350 e. The van der Waals surface area contributed by atoms with Gasteiger partial charge in [0.05, 0.1) is 5.54 Å². The first-order valence-corrected chi connectivity index (χ1v) is 6.29. The van der Waals surface area contributed by atoms with Crippen LogP contribution >= 0.6 is 0 Å². The second kappa shape index (κ2) is 4.21. The van der Waals surface area contributed by atoms with Gasteiger partial charge in [-0.1, -0.05) is 0 Å². The average Bonchev–Trinajstić information content (AvgIpc) is 2.72. The Morgan fingerprint density at radius 3 is 2.53 bits per heavy atom. The lowest BCUT2D eigenvalue weighted by Crippen LogP contribution is -2.58. The van der Waals surface area contributed by atoms with Gasteiger partial charge in [0.25, 0.3) is 0 Å². The molecule has 0 bridgehead atoms. The van der Waals surface area contributed by atoms with Crippen molar-refractivity contribution in [1.82, 2.24) is 16.0 Å². The number of amides is 1. The number of halogens is 1. The maximum absolute atomic E-state index is 13.2. The van der Waals surface area contributed by atoms with E-state index in [1.54, 1.807) is 6.92 Å². The molecule has 0 aromatic carbocycles. The Morgan fingerprint density at radius 2 is 2.06 bits per heavy atom. The van der Waals surface area contributed by atoms with Gasteiger partial charge in [-0.15, -0.1) is 0 Å². The van der Waals surface area contributed by atoms with Crippen LogP contribution in [0.1, 0.15) is 33.6 Å². The van der Waals surface area contributed by atoms with Gasteiger partial charge in [-0.2, -0.15) is 0 Å². The zero-order valence-corrected chi connectivity index (χ0v) is 10.8. The standard InChI is InChI=1S/C12H22FN3O/c1-11(2)9(4-5-14-11)16-10(17)12(3)6-8(13)7-15-12/h8-9,14-15H,4-7H2,1-3H3,(H,16,17)/t8-,9?,12-/m0/s1. The SMILES string of the molecule is CC1(C)NCCC1NC(=O)[C@]1(C)C[C@H](F)CN1. The summed E-state index contributed by atoms with van der Waals surface area (Å²) in [5, 5.41) is 9.37. The number of nitrogens with one attached hydrogen (secondary N) is 3. The minimum atomic E-state index is -0.916. The second-order valence-electron chi connectivity index (χ2n) is 5.98. The fourth-order valence-corrected chi connectivity index (χ4v) is 2.69. The van der Waals surface area contributed by atoms with E-state index in [9.17, 15) is 9.18 Å². The molecule has 0 radical (unpaired) electrons. The highest BCUT2D eigenvalue weighted by molar-refractivity contribution is 5.86. The molecule has 4 nitrogen and oxygen atoms in total. The van der Waals surface area contributed by atoms with Gasteiger partial charge in [-0.05, 0) is 33.7 Å². The molecule has 2 saturated heterocycles. The molecule has 2 heterocycles. The third-order valence-corrected chi connectivity index (χ3v) is 4.03. The van der Waals surface area contributed by atoms with Gasteiger partial charge < -0.3 is 16.0 Å². The van der Waals surface area contributed by atoms with E-state index in [2.05, 4.69) is 29.8 Å². The van der Waals surface area contributed by atoms with Gasteiger partial charge in [0.2, 0.25) is 5.91 Å². The summed E-state index contributed by atoms with van der Waals surface area (Å²) in [5.41, 5.74) is -0.835. The third kappa shape index (κ3) is 2.45. The molecule has 2 aliphatic heterocycles. The average molecular weight is 243 g/mol. The molecule has 98 valence electrons. The summed E-state index contributed by atoms with van der Waals surface area (Å²) in [5.74, 6) is -0.0839. The Balaban J connectivity index is 1.98. The molecule has 0 aromatic heterocycles. The first kappa shape index (κ1) is 12.8. The van der Waals surface area contributed by atoms with E-state index >= 15 is 0 Å². The summed E-state index contributed by atoms with van der Waals surface area (Å²) in [6.45, 7) is 7.11. The van der Waals surface area contributed by atoms with Gasteiger partial charge in [0.15, 0.2) is 0 Å². The van der Waals surface area contributed by atoms with Crippen LogP contribution in [-0.2, 0) is 4.79 Å². The van der Waals surface area contributed by atoms with Crippen LogP contribution in [0.2, 0.25) is 0 Å². The number of carbonyl (C=O) groups is 1. The Hall–Kier alpha value is -0.680. The number of carbonyl (C=O) groups excluding carboxylic acids is 1. The van der Waals surface area contributed by atoms with Crippen LogP contribution in [0.25, 0.3) is 0 Å². The smallest absolute Gasteiger partial charge is 0.240 e. The lowest BCUT2D eigenvalue weighted by molar-refractivity contribution is -0.127. The molecule has 1 amide bonds. The van der Waals surface area contributed by atoms with Crippen molar-refractivity contribution in [3.63, 3.8) is 0 Å². The molecule has 3 atom stereocenters. The van der Waals surface area contributed by atoms with Crippen LogP contribution in [0.5, 0.6) is 0 Å². The minimum absolute atomic E-state index is 0.0836. The molecule has 0 aromatic rings. The monoisotopic (exact) mass is 243 g/mol. The van der Waals surface area contributed by atoms with Crippen LogP contribution in [0.15, 0.2) is 0 Å². The van der Waals surface area contributed by atoms with Crippen LogP contribution in [0.3, 0.4) is 0 Å². The quantitative estimate of drug-likeness (QED) is 0.655. The van der Waals surface area contributed by atoms with E-state index in [1.165, 1.54) is 0 Å². The maximum atomic E-state index is 13.2. The Labute approximate surface area is 102 Å². The van der Waals surface area contributed by atoms with E-state index in [4.69, 9.17) is 0 Å². The van der Waals surface area contributed by atoms with E-state index in [0.29, 0.717) is 0 Å². The second-order valence-corrected chi connectivity index (χ2v) is 5.98. The van der Waals surface area contributed by atoms with Gasteiger partial charge in [-0.25, -0.2) is 4.39 Å². The van der Waals surface area contributed by atoms with Gasteiger partial charge in [0.1, 0.15) is 6.17 Å². The molecule has 5 heteroatoms. The van der Waals surface area contributed by atoms with Crippen LogP contribution < -0.4 is 16.0 Å². The number of hydrogen-bond donors (Lipinski definition) is 3. The lowest BCUT2D eigenvalue weighted by atomic mass is 9.93. The molecule has 0 aliphatic carbocycles. The van der Waals surface area contributed by atoms with Gasteiger partial charge in [0, 0.05) is 24.5 Å². The lowest BCUT2D eigenvalue weighted by Gasteiger charge is -2.31. The summed E-state index contributed by atoms with van der Waals surface area (Å²) in [4.78, 5) is 12.2. The summed E-state index contributed by atoms with van der Waals surface area (Å²) in [7, 11) is 0. The van der Waals surface area contributed by atoms with E-state index in [-0.39, 0.29) is 30.5 Å². The Kier molecular flexibility index (Phi) is 3.16. The van der Waals surface area contributed by atoms with Crippen molar-refractivity contribution in [3.05, 3.63) is 0 Å². The maximum Gasteiger partial charge on any atom is 0.240 e. The number of rotatable bonds is 2. The molecular weight excluding hydrogens is 221 g/mol. The van der Waals surface area contributed by atoms with Crippen molar-refractivity contribution >= 4 is 5.91 Å². The summed E-state index contributed by atoms with van der Waals surface area (Å²) < 4.78 is 13.2. The summed E-state index contributed by atoms with van der Waals surface area (Å²) >= 11 is 0. The molecule has 0 saturated carbocycles. The van der Waals surface area contributed by atoms with Crippen LogP contribution in [0, 0.1) is 0 Å². The number of hydrogen-bond acceptors (Lipinski definition) is 3. The normalized spacial score (nSPS) is 40.5. The predicted molar refractivity (Wildman–Crippen MR) is 64.6 cm³/mol. The number of alkyl halides is 1. The first-order chi connectivity index (χ1) is 7.83. The highest BCUT2D eigenvalue weighted by atomic mass is 19.1. The Bertz CT molecular complexity index is 321. The first-order valence-electron chi connectivity index (χ1n) is 6.29. The van der Waals surface area contributed by atoms with Crippen LogP contribution in [-0.4, -0.2) is 42.3 Å². The van der Waals surface area contributed by atoms with Crippen molar-refractivity contribution in [2.24, 2.45) is 0 Å². The van der Waals surface area contributed by atoms with E-state index in [1.807, 2.05) is 0 Å². The van der Waals surface area contributed by atoms with Crippen molar-refractivity contribution in [1.29, 1.82) is 0 Å². The van der Waals surface area contributed by atoms with Crippen molar-refractivity contribution < 1.29 is 9.18 Å². The predicted octanol–water partition coefficient (Wildman–Crippen LogP) is 0.333. The van der Waals surface area contributed by atoms with Crippen molar-refractivity contribution in [2.45, 2.75) is 56.9 Å². The fraction of sp³-hybridized carbons (Fsp3) is 0.917. The molecule has 3 N–H and O–H groups in total. The molecule has 2 fully saturated rings. The molecule has 0 spiro atoms. The highest BCUT2D eigenvalue weighted by Gasteiger charge is 2.44. The Morgan fingerprint density at radius 1 is 1.35 bits per heavy atom. The molecule has 17 heavy (non-hydrogen) atoms. The molecular formula is C12H22FN3O.